The molecule has 2 N–H and O–H groups in total. The Morgan fingerprint density at radius 1 is 1.19 bits per heavy atom. The van der Waals surface area contributed by atoms with Crippen molar-refractivity contribution in [3.8, 4) is 5.75 Å². The number of aromatic nitrogens is 3. The number of hydrogen-bond acceptors (Lipinski definition) is 6. The number of amides is 1. The van der Waals surface area contributed by atoms with Crippen molar-refractivity contribution in [2.75, 3.05) is 38.5 Å². The number of carbonyl (C=O) groups is 1. The molecule has 1 aromatic heterocycles. The maximum absolute atomic E-state index is 13.4. The summed E-state index contributed by atoms with van der Waals surface area (Å²) in [6.07, 6.45) is 1.48. The fourth-order valence-corrected chi connectivity index (χ4v) is 3.51. The number of carbonyl (C=O) groups excluding carboxylic acids is 1. The van der Waals surface area contributed by atoms with Crippen LogP contribution >= 0.6 is 0 Å². The van der Waals surface area contributed by atoms with Crippen LogP contribution in [0.5, 0.6) is 5.75 Å². The van der Waals surface area contributed by atoms with E-state index in [1.807, 2.05) is 24.0 Å². The molecule has 3 heterocycles. The average molecular weight is 354 g/mol. The van der Waals surface area contributed by atoms with Gasteiger partial charge in [-0.3, -0.25) is 4.79 Å². The number of phenols is 1. The normalized spacial score (nSPS) is 20.7. The van der Waals surface area contributed by atoms with Crippen LogP contribution in [-0.4, -0.2) is 68.8 Å². The first-order chi connectivity index (χ1) is 12.5. The number of allylic oxidation sites excluding steroid dienone is 1. The summed E-state index contributed by atoms with van der Waals surface area (Å²) >= 11 is 0. The van der Waals surface area contributed by atoms with Crippen molar-refractivity contribution in [3.63, 3.8) is 0 Å². The maximum atomic E-state index is 13.4. The van der Waals surface area contributed by atoms with Gasteiger partial charge in [0.2, 0.25) is 5.95 Å². The molecule has 1 aromatic carbocycles. The second-order valence-corrected chi connectivity index (χ2v) is 6.78. The summed E-state index contributed by atoms with van der Waals surface area (Å²) in [6.45, 7) is 5.04. The van der Waals surface area contributed by atoms with Crippen molar-refractivity contribution < 1.29 is 9.90 Å². The second-order valence-electron chi connectivity index (χ2n) is 6.78. The van der Waals surface area contributed by atoms with Crippen LogP contribution in [-0.2, 0) is 4.79 Å². The predicted octanol–water partition coefficient (Wildman–Crippen LogP) is 1.05. The summed E-state index contributed by atoms with van der Waals surface area (Å²) in [5, 5.41) is 17.1. The molecule has 0 bridgehead atoms. The molecule has 1 amide bonds. The highest BCUT2D eigenvalue weighted by atomic mass is 16.3. The molecule has 0 aliphatic carbocycles. The molecule has 0 spiro atoms. The molecule has 2 aromatic rings. The quantitative estimate of drug-likeness (QED) is 0.838. The molecule has 8 nitrogen and oxygen atoms in total. The lowest BCUT2D eigenvalue weighted by Crippen LogP contribution is -2.49. The van der Waals surface area contributed by atoms with Crippen molar-refractivity contribution in [1.82, 2.24) is 24.6 Å². The fraction of sp³-hybridized carbons (Fsp3) is 0.389. The van der Waals surface area contributed by atoms with Gasteiger partial charge >= 0.3 is 0 Å². The Bertz CT molecular complexity index is 849. The van der Waals surface area contributed by atoms with Crippen molar-refractivity contribution in [2.45, 2.75) is 13.0 Å². The van der Waals surface area contributed by atoms with Gasteiger partial charge in [-0.1, -0.05) is 12.1 Å². The van der Waals surface area contributed by atoms with Crippen LogP contribution in [0.2, 0.25) is 0 Å². The van der Waals surface area contributed by atoms with E-state index in [-0.39, 0.29) is 17.7 Å². The largest absolute Gasteiger partial charge is 0.508 e. The van der Waals surface area contributed by atoms with Crippen molar-refractivity contribution in [1.29, 1.82) is 0 Å². The minimum absolute atomic E-state index is 0.0160. The number of nitrogens with zero attached hydrogens (tertiary/aromatic N) is 5. The monoisotopic (exact) mass is 354 g/mol. The summed E-state index contributed by atoms with van der Waals surface area (Å²) in [7, 11) is 2.06. The molecule has 136 valence electrons. The lowest BCUT2D eigenvalue weighted by molar-refractivity contribution is -0.129. The van der Waals surface area contributed by atoms with E-state index in [1.54, 1.807) is 16.8 Å². The van der Waals surface area contributed by atoms with E-state index in [9.17, 15) is 9.90 Å². The smallest absolute Gasteiger partial charge is 0.254 e. The van der Waals surface area contributed by atoms with Crippen LogP contribution in [0.25, 0.3) is 0 Å². The molecule has 1 saturated heterocycles. The minimum atomic E-state index is -0.374. The number of benzene rings is 1. The third-order valence-electron chi connectivity index (χ3n) is 5.02. The standard InChI is InChI=1S/C18H22N6O2/c1-12-15(17(26)23-9-7-22(2)8-10-23)16(13-3-5-14(25)6-4-13)24-18(21-12)19-11-20-24/h3-6,11,16,25H,7-10H2,1-2H3,(H,19,20,21)/t16-/m1/s1. The number of aromatic hydroxyl groups is 1. The topological polar surface area (TPSA) is 86.5 Å². The first kappa shape index (κ1) is 16.6. The molecule has 26 heavy (non-hydrogen) atoms. The average Bonchev–Trinajstić information content (AvgIpc) is 3.09. The number of piperazine rings is 1. The van der Waals surface area contributed by atoms with E-state index in [4.69, 9.17) is 0 Å². The Balaban J connectivity index is 1.75. The Kier molecular flexibility index (Phi) is 4.12. The van der Waals surface area contributed by atoms with Crippen LogP contribution < -0.4 is 5.32 Å². The molecule has 0 radical (unpaired) electrons. The van der Waals surface area contributed by atoms with Crippen LogP contribution in [0, 0.1) is 0 Å². The van der Waals surface area contributed by atoms with Gasteiger partial charge < -0.3 is 20.2 Å². The molecular formula is C18H22N6O2. The number of fused-ring (bicyclic) bond motifs is 1. The van der Waals surface area contributed by atoms with Crippen LogP contribution in [0.15, 0.2) is 41.9 Å². The van der Waals surface area contributed by atoms with Gasteiger partial charge in [0.15, 0.2) is 0 Å². The summed E-state index contributed by atoms with van der Waals surface area (Å²) in [4.78, 5) is 21.7. The van der Waals surface area contributed by atoms with Gasteiger partial charge in [-0.15, -0.1) is 0 Å². The number of nitrogens with one attached hydrogen (secondary N) is 1. The number of hydrogen-bond donors (Lipinski definition) is 2. The third kappa shape index (κ3) is 2.82. The number of likely N-dealkylation sites (N-methyl/N-ethyl adjacent to an activating group) is 1. The highest BCUT2D eigenvalue weighted by molar-refractivity contribution is 5.96. The molecule has 1 fully saturated rings. The zero-order chi connectivity index (χ0) is 18.3. The minimum Gasteiger partial charge on any atom is -0.508 e. The van der Waals surface area contributed by atoms with Gasteiger partial charge in [-0.05, 0) is 31.7 Å². The molecule has 8 heteroatoms. The van der Waals surface area contributed by atoms with E-state index in [2.05, 4.69) is 27.3 Å². The van der Waals surface area contributed by atoms with E-state index in [0.29, 0.717) is 24.6 Å². The zero-order valence-electron chi connectivity index (χ0n) is 14.9. The lowest BCUT2D eigenvalue weighted by Gasteiger charge is -2.36. The third-order valence-corrected chi connectivity index (χ3v) is 5.02. The van der Waals surface area contributed by atoms with E-state index < -0.39 is 0 Å². The number of phenolic OH excluding ortho intramolecular Hbond substituents is 1. The summed E-state index contributed by atoms with van der Waals surface area (Å²) in [5.74, 6) is 0.812. The highest BCUT2D eigenvalue weighted by Crippen LogP contribution is 2.36. The fourth-order valence-electron chi connectivity index (χ4n) is 3.51. The van der Waals surface area contributed by atoms with Crippen molar-refractivity contribution in [3.05, 3.63) is 47.4 Å². The lowest BCUT2D eigenvalue weighted by atomic mass is 9.94. The maximum Gasteiger partial charge on any atom is 0.254 e. The first-order valence-corrected chi connectivity index (χ1v) is 8.68. The van der Waals surface area contributed by atoms with Crippen molar-refractivity contribution >= 4 is 11.9 Å². The molecule has 2 aliphatic heterocycles. The van der Waals surface area contributed by atoms with Crippen LogP contribution in [0.1, 0.15) is 18.5 Å². The summed E-state index contributed by atoms with van der Waals surface area (Å²) in [6, 6.07) is 6.52. The second kappa shape index (κ2) is 6.45. The first-order valence-electron chi connectivity index (χ1n) is 8.68. The van der Waals surface area contributed by atoms with Crippen LogP contribution in [0.4, 0.5) is 5.95 Å². The molecule has 2 aliphatic rings. The molecule has 0 saturated carbocycles. The Morgan fingerprint density at radius 3 is 2.58 bits per heavy atom. The van der Waals surface area contributed by atoms with Crippen LogP contribution in [0.3, 0.4) is 0 Å². The molecular weight excluding hydrogens is 332 g/mol. The SMILES string of the molecule is CC1=C(C(=O)N2CCN(C)CC2)[C@@H](c2ccc(O)cc2)n2ncnc2N1. The predicted molar refractivity (Wildman–Crippen MR) is 96.7 cm³/mol. The van der Waals surface area contributed by atoms with Gasteiger partial charge in [0.05, 0.1) is 5.57 Å². The number of rotatable bonds is 2. The van der Waals surface area contributed by atoms with E-state index >= 15 is 0 Å². The Labute approximate surface area is 151 Å². The van der Waals surface area contributed by atoms with Gasteiger partial charge in [0.25, 0.3) is 5.91 Å². The van der Waals surface area contributed by atoms with Gasteiger partial charge in [0, 0.05) is 31.9 Å². The molecule has 0 unspecified atom stereocenters. The Hall–Kier alpha value is -2.87. The summed E-state index contributed by atoms with van der Waals surface area (Å²) in [5.41, 5.74) is 2.33. The molecule has 1 atom stereocenters. The molecule has 4 rings (SSSR count). The van der Waals surface area contributed by atoms with E-state index in [1.165, 1.54) is 6.33 Å². The zero-order valence-corrected chi connectivity index (χ0v) is 14.9. The van der Waals surface area contributed by atoms with E-state index in [0.717, 1.165) is 24.4 Å². The summed E-state index contributed by atoms with van der Waals surface area (Å²) < 4.78 is 1.72. The Morgan fingerprint density at radius 2 is 1.88 bits per heavy atom. The number of anilines is 1. The van der Waals surface area contributed by atoms with Gasteiger partial charge in [-0.25, -0.2) is 4.68 Å². The van der Waals surface area contributed by atoms with Gasteiger partial charge in [0.1, 0.15) is 18.1 Å². The van der Waals surface area contributed by atoms with Crippen molar-refractivity contribution in [2.24, 2.45) is 0 Å². The highest BCUT2D eigenvalue weighted by Gasteiger charge is 2.36. The van der Waals surface area contributed by atoms with Gasteiger partial charge in [-0.2, -0.15) is 10.1 Å².